The molecule has 7 nitrogen and oxygen atoms in total. The van der Waals surface area contributed by atoms with E-state index in [0.29, 0.717) is 47.1 Å². The summed E-state index contributed by atoms with van der Waals surface area (Å²) in [6.07, 6.45) is 6.94. The van der Waals surface area contributed by atoms with Crippen LogP contribution in [0, 0.1) is 11.7 Å². The summed E-state index contributed by atoms with van der Waals surface area (Å²) in [6, 6.07) is 10.4. The molecular weight excluding hydrogens is 521 g/mol. The first-order chi connectivity index (χ1) is 19.6. The number of piperidine rings is 1. The SMILES string of the molecule is CC(C)Oc1ccc(C2CCCC2)c(C(=O)N2CCCC[C@@]2(C)c2nc3ccc(F)cc3n2COC(=O)C(C)C)c1. The second kappa shape index (κ2) is 11.8. The minimum Gasteiger partial charge on any atom is -0.491 e. The zero-order chi connectivity index (χ0) is 29.3. The number of nitrogens with zero attached hydrogens (tertiary/aromatic N) is 3. The van der Waals surface area contributed by atoms with Gasteiger partial charge in [0, 0.05) is 12.1 Å². The van der Waals surface area contributed by atoms with Crippen LogP contribution in [-0.2, 0) is 21.8 Å². The van der Waals surface area contributed by atoms with Crippen LogP contribution in [0.15, 0.2) is 36.4 Å². The lowest BCUT2D eigenvalue weighted by Gasteiger charge is -2.45. The topological polar surface area (TPSA) is 73.7 Å². The van der Waals surface area contributed by atoms with E-state index in [1.807, 2.05) is 37.8 Å². The number of benzene rings is 2. The van der Waals surface area contributed by atoms with Crippen molar-refractivity contribution in [3.8, 4) is 5.75 Å². The summed E-state index contributed by atoms with van der Waals surface area (Å²) < 4.78 is 27.8. The lowest BCUT2D eigenvalue weighted by atomic mass is 9.85. The number of halogens is 1. The molecule has 41 heavy (non-hydrogen) atoms. The molecule has 1 amide bonds. The van der Waals surface area contributed by atoms with Crippen molar-refractivity contribution in [2.75, 3.05) is 6.54 Å². The van der Waals surface area contributed by atoms with Crippen molar-refractivity contribution in [2.45, 2.75) is 104 Å². The first kappa shape index (κ1) is 29.1. The van der Waals surface area contributed by atoms with Gasteiger partial charge in [0.15, 0.2) is 6.73 Å². The second-order valence-electron chi connectivity index (χ2n) is 12.3. The molecule has 2 aromatic carbocycles. The lowest BCUT2D eigenvalue weighted by Crippen LogP contribution is -2.52. The summed E-state index contributed by atoms with van der Waals surface area (Å²) in [4.78, 5) is 33.9. The van der Waals surface area contributed by atoms with Gasteiger partial charge in [-0.15, -0.1) is 0 Å². The Bertz CT molecular complexity index is 1430. The van der Waals surface area contributed by atoms with Gasteiger partial charge >= 0.3 is 5.97 Å². The molecule has 5 rings (SSSR count). The van der Waals surface area contributed by atoms with Crippen molar-refractivity contribution >= 4 is 22.9 Å². The van der Waals surface area contributed by atoms with Gasteiger partial charge in [-0.2, -0.15) is 0 Å². The highest BCUT2D eigenvalue weighted by atomic mass is 19.1. The molecule has 0 unspecified atom stereocenters. The molecule has 220 valence electrons. The normalized spacial score (nSPS) is 19.9. The van der Waals surface area contributed by atoms with E-state index >= 15 is 0 Å². The Morgan fingerprint density at radius 3 is 2.51 bits per heavy atom. The molecule has 3 aromatic rings. The number of hydrogen-bond donors (Lipinski definition) is 0. The Labute approximate surface area is 242 Å². The van der Waals surface area contributed by atoms with Gasteiger partial charge in [-0.3, -0.25) is 14.2 Å². The minimum absolute atomic E-state index is 0.00983. The number of aromatic nitrogens is 2. The molecule has 1 aliphatic heterocycles. The summed E-state index contributed by atoms with van der Waals surface area (Å²) >= 11 is 0. The summed E-state index contributed by atoms with van der Waals surface area (Å²) in [7, 11) is 0. The van der Waals surface area contributed by atoms with Gasteiger partial charge in [0.2, 0.25) is 0 Å². The quantitative estimate of drug-likeness (QED) is 0.269. The van der Waals surface area contributed by atoms with Crippen molar-refractivity contribution in [3.05, 3.63) is 59.2 Å². The first-order valence-electron chi connectivity index (χ1n) is 15.0. The number of imidazole rings is 1. The maximum absolute atomic E-state index is 14.6. The third-order valence-corrected chi connectivity index (χ3v) is 8.56. The van der Waals surface area contributed by atoms with Crippen molar-refractivity contribution < 1.29 is 23.5 Å². The molecule has 1 atom stereocenters. The third-order valence-electron chi connectivity index (χ3n) is 8.56. The van der Waals surface area contributed by atoms with Crippen LogP contribution in [0.25, 0.3) is 11.0 Å². The minimum atomic E-state index is -0.795. The van der Waals surface area contributed by atoms with Gasteiger partial charge in [0.05, 0.1) is 28.6 Å². The van der Waals surface area contributed by atoms with E-state index in [1.165, 1.54) is 25.0 Å². The van der Waals surface area contributed by atoms with Gasteiger partial charge in [0.25, 0.3) is 5.91 Å². The predicted octanol–water partition coefficient (Wildman–Crippen LogP) is 7.32. The van der Waals surface area contributed by atoms with Crippen molar-refractivity contribution in [3.63, 3.8) is 0 Å². The van der Waals surface area contributed by atoms with Crippen molar-refractivity contribution in [2.24, 2.45) is 5.92 Å². The predicted molar refractivity (Wildman–Crippen MR) is 156 cm³/mol. The third kappa shape index (κ3) is 5.84. The lowest BCUT2D eigenvalue weighted by molar-refractivity contribution is -0.151. The number of carbonyl (C=O) groups excluding carboxylic acids is 2. The molecule has 2 heterocycles. The van der Waals surface area contributed by atoms with Gasteiger partial charge in [-0.05, 0) is 94.7 Å². The van der Waals surface area contributed by atoms with E-state index in [0.717, 1.165) is 31.2 Å². The van der Waals surface area contributed by atoms with Crippen molar-refractivity contribution in [1.82, 2.24) is 14.5 Å². The molecule has 2 aliphatic rings. The Morgan fingerprint density at radius 2 is 1.80 bits per heavy atom. The molecule has 8 heteroatoms. The van der Waals surface area contributed by atoms with Gasteiger partial charge in [0.1, 0.15) is 17.4 Å². The Morgan fingerprint density at radius 1 is 1.05 bits per heavy atom. The van der Waals surface area contributed by atoms with Gasteiger partial charge < -0.3 is 14.4 Å². The van der Waals surface area contributed by atoms with Crippen LogP contribution in [0.3, 0.4) is 0 Å². The van der Waals surface area contributed by atoms with Gasteiger partial charge in [-0.1, -0.05) is 32.8 Å². The largest absolute Gasteiger partial charge is 0.491 e. The van der Waals surface area contributed by atoms with Crippen LogP contribution in [-0.4, -0.2) is 39.0 Å². The number of amides is 1. The molecule has 1 saturated heterocycles. The number of likely N-dealkylation sites (tertiary alicyclic amines) is 1. The van der Waals surface area contributed by atoms with E-state index in [2.05, 4.69) is 6.07 Å². The number of rotatable bonds is 8. The van der Waals surface area contributed by atoms with E-state index in [4.69, 9.17) is 14.5 Å². The van der Waals surface area contributed by atoms with Crippen LogP contribution >= 0.6 is 0 Å². The van der Waals surface area contributed by atoms with Crippen LogP contribution in [0.4, 0.5) is 4.39 Å². The maximum Gasteiger partial charge on any atom is 0.310 e. The summed E-state index contributed by atoms with van der Waals surface area (Å²) in [5, 5.41) is 0. The van der Waals surface area contributed by atoms with E-state index in [-0.39, 0.29) is 30.6 Å². The number of fused-ring (bicyclic) bond motifs is 1. The fraction of sp³-hybridized carbons (Fsp3) is 0.545. The fourth-order valence-corrected chi connectivity index (χ4v) is 6.42. The highest BCUT2D eigenvalue weighted by molar-refractivity contribution is 5.97. The van der Waals surface area contributed by atoms with E-state index in [1.54, 1.807) is 24.5 Å². The van der Waals surface area contributed by atoms with E-state index < -0.39 is 11.4 Å². The number of carbonyl (C=O) groups is 2. The highest BCUT2D eigenvalue weighted by Gasteiger charge is 2.44. The molecule has 1 aromatic heterocycles. The smallest absolute Gasteiger partial charge is 0.310 e. The van der Waals surface area contributed by atoms with Gasteiger partial charge in [-0.25, -0.2) is 9.37 Å². The van der Waals surface area contributed by atoms with Crippen LogP contribution in [0.5, 0.6) is 5.75 Å². The Kier molecular flexibility index (Phi) is 8.39. The molecule has 0 bridgehead atoms. The van der Waals surface area contributed by atoms with Crippen LogP contribution in [0.1, 0.15) is 107 Å². The Balaban J connectivity index is 1.60. The average molecular weight is 564 g/mol. The fourth-order valence-electron chi connectivity index (χ4n) is 6.42. The summed E-state index contributed by atoms with van der Waals surface area (Å²) in [5.74, 6) is 0.534. The standard InChI is InChI=1S/C33H42FN3O4/c1-21(2)31(39)40-20-36-29-18-24(34)12-15-28(29)35-32(36)33(5)16-8-9-17-37(33)30(38)27-19-25(41-22(3)4)13-14-26(27)23-10-6-7-11-23/h12-15,18-19,21-23H,6-11,16-17,20H2,1-5H3/t33-/m0/s1. The molecule has 0 spiro atoms. The first-order valence-corrected chi connectivity index (χ1v) is 15.0. The summed E-state index contributed by atoms with van der Waals surface area (Å²) in [5.41, 5.74) is 2.10. The monoisotopic (exact) mass is 563 g/mol. The van der Waals surface area contributed by atoms with E-state index in [9.17, 15) is 14.0 Å². The maximum atomic E-state index is 14.6. The number of ether oxygens (including phenoxy) is 2. The van der Waals surface area contributed by atoms with Crippen LogP contribution < -0.4 is 4.74 Å². The molecule has 2 fully saturated rings. The molecule has 1 saturated carbocycles. The van der Waals surface area contributed by atoms with Crippen LogP contribution in [0.2, 0.25) is 0 Å². The molecule has 0 radical (unpaired) electrons. The number of hydrogen-bond acceptors (Lipinski definition) is 5. The molecular formula is C33H42FN3O4. The second-order valence-corrected chi connectivity index (χ2v) is 12.3. The number of esters is 1. The summed E-state index contributed by atoms with van der Waals surface area (Å²) in [6.45, 7) is 10.0. The molecule has 1 aliphatic carbocycles. The Hall–Kier alpha value is -3.42. The van der Waals surface area contributed by atoms with Crippen molar-refractivity contribution in [1.29, 1.82) is 0 Å². The average Bonchev–Trinajstić information content (AvgIpc) is 3.60. The zero-order valence-corrected chi connectivity index (χ0v) is 24.9. The zero-order valence-electron chi connectivity index (χ0n) is 24.9. The highest BCUT2D eigenvalue weighted by Crippen LogP contribution is 2.42. The molecule has 0 N–H and O–H groups in total.